The maximum absolute atomic E-state index is 12.8. The minimum Gasteiger partial charge on any atom is -0.481 e. The highest BCUT2D eigenvalue weighted by atomic mass is 16.4. The van der Waals surface area contributed by atoms with Crippen molar-refractivity contribution in [1.82, 2.24) is 10.3 Å². The van der Waals surface area contributed by atoms with Crippen LogP contribution < -0.4 is 5.32 Å². The van der Waals surface area contributed by atoms with Crippen LogP contribution in [-0.4, -0.2) is 33.8 Å². The van der Waals surface area contributed by atoms with E-state index in [9.17, 15) is 19.5 Å². The lowest BCUT2D eigenvalue weighted by molar-refractivity contribution is -0.143. The van der Waals surface area contributed by atoms with Gasteiger partial charge in [0.2, 0.25) is 0 Å². The summed E-state index contributed by atoms with van der Waals surface area (Å²) in [6, 6.07) is -0.360. The predicted molar refractivity (Wildman–Crippen MR) is 92.9 cm³/mol. The molecule has 1 aromatic heterocycles. The molecule has 0 bridgehead atoms. The van der Waals surface area contributed by atoms with Gasteiger partial charge in [-0.2, -0.15) is 0 Å². The molecule has 136 valence electrons. The molecule has 0 radical (unpaired) electrons. The van der Waals surface area contributed by atoms with Crippen LogP contribution >= 0.6 is 0 Å². The second kappa shape index (κ2) is 7.42. The monoisotopic (exact) mass is 346 g/mol. The number of nitrogens with one attached hydrogen (secondary N) is 2. The molecule has 6 nitrogen and oxygen atoms in total. The second-order valence-electron chi connectivity index (χ2n) is 7.27. The summed E-state index contributed by atoms with van der Waals surface area (Å²) >= 11 is 0. The van der Waals surface area contributed by atoms with E-state index in [1.54, 1.807) is 6.92 Å². The first-order valence-corrected chi connectivity index (χ1v) is 9.27. The van der Waals surface area contributed by atoms with Crippen LogP contribution in [0, 0.1) is 12.8 Å². The van der Waals surface area contributed by atoms with Gasteiger partial charge in [-0.05, 0) is 38.2 Å². The Hall–Kier alpha value is -2.11. The van der Waals surface area contributed by atoms with Crippen molar-refractivity contribution in [3.63, 3.8) is 0 Å². The first kappa shape index (κ1) is 17.7. The summed E-state index contributed by atoms with van der Waals surface area (Å²) in [5.41, 5.74) is 2.59. The molecule has 3 N–H and O–H groups in total. The highest BCUT2D eigenvalue weighted by molar-refractivity contribution is 6.04. The molecule has 1 fully saturated rings. The van der Waals surface area contributed by atoms with Crippen LogP contribution in [0.1, 0.15) is 83.5 Å². The number of carboxylic acids is 1. The van der Waals surface area contributed by atoms with Crippen LogP contribution in [0.5, 0.6) is 0 Å². The van der Waals surface area contributed by atoms with Gasteiger partial charge < -0.3 is 15.4 Å². The molecule has 1 heterocycles. The number of carbonyl (C=O) groups is 3. The number of aliphatic carboxylic acids is 1. The zero-order chi connectivity index (χ0) is 18.0. The largest absolute Gasteiger partial charge is 0.481 e. The van der Waals surface area contributed by atoms with Crippen LogP contribution in [0.25, 0.3) is 0 Å². The Morgan fingerprint density at radius 1 is 1.08 bits per heavy atom. The molecule has 6 heteroatoms. The Morgan fingerprint density at radius 3 is 2.48 bits per heavy atom. The number of amides is 1. The van der Waals surface area contributed by atoms with Crippen molar-refractivity contribution in [3.8, 4) is 0 Å². The Labute approximate surface area is 147 Å². The van der Waals surface area contributed by atoms with Crippen LogP contribution in [0.4, 0.5) is 0 Å². The molecule has 3 rings (SSSR count). The van der Waals surface area contributed by atoms with Gasteiger partial charge in [0.25, 0.3) is 5.91 Å². The van der Waals surface area contributed by atoms with Gasteiger partial charge in [-0.1, -0.05) is 25.7 Å². The number of ketones is 1. The van der Waals surface area contributed by atoms with Gasteiger partial charge in [-0.25, -0.2) is 0 Å². The lowest BCUT2D eigenvalue weighted by Gasteiger charge is -2.27. The van der Waals surface area contributed by atoms with E-state index in [1.165, 1.54) is 0 Å². The van der Waals surface area contributed by atoms with Crippen molar-refractivity contribution < 1.29 is 19.5 Å². The first-order chi connectivity index (χ1) is 12.0. The SMILES string of the molecule is Cc1c(C(=O)NC2CCCCCCC2C(=O)O)[nH]c2c1C(=O)CCC2. The zero-order valence-electron chi connectivity index (χ0n) is 14.7. The number of hydrogen-bond donors (Lipinski definition) is 3. The summed E-state index contributed by atoms with van der Waals surface area (Å²) in [5.74, 6) is -1.60. The number of H-pyrrole nitrogens is 1. The number of rotatable bonds is 3. The molecule has 0 aromatic carbocycles. The number of aromatic amines is 1. The molecule has 1 saturated carbocycles. The van der Waals surface area contributed by atoms with E-state index in [-0.39, 0.29) is 17.7 Å². The third kappa shape index (κ3) is 3.62. The lowest BCUT2D eigenvalue weighted by atomic mass is 9.86. The number of aryl methyl sites for hydroxylation is 1. The maximum Gasteiger partial charge on any atom is 0.308 e. The fourth-order valence-corrected chi connectivity index (χ4v) is 4.19. The van der Waals surface area contributed by atoms with Crippen LogP contribution in [0.15, 0.2) is 0 Å². The minimum absolute atomic E-state index is 0.0865. The normalized spacial score (nSPS) is 24.1. The third-order valence-corrected chi connectivity index (χ3v) is 5.56. The van der Waals surface area contributed by atoms with Gasteiger partial charge in [-0.15, -0.1) is 0 Å². The molecule has 2 atom stereocenters. The Kier molecular flexibility index (Phi) is 5.25. The molecule has 2 aliphatic rings. The quantitative estimate of drug-likeness (QED) is 0.783. The fraction of sp³-hybridized carbons (Fsp3) is 0.632. The predicted octanol–water partition coefficient (Wildman–Crippen LogP) is 3.00. The summed E-state index contributed by atoms with van der Waals surface area (Å²) in [7, 11) is 0. The molecule has 2 aliphatic carbocycles. The van der Waals surface area contributed by atoms with Gasteiger partial charge in [0.15, 0.2) is 5.78 Å². The molecule has 1 amide bonds. The smallest absolute Gasteiger partial charge is 0.308 e. The standard InChI is InChI=1S/C19H26N2O4/c1-11-16-14(9-6-10-15(16)22)20-17(11)18(23)21-13-8-5-3-2-4-7-12(13)19(24)25/h12-13,20H,2-10H2,1H3,(H,21,23)(H,24,25). The molecule has 0 aliphatic heterocycles. The summed E-state index contributed by atoms with van der Waals surface area (Å²) in [6.45, 7) is 1.79. The minimum atomic E-state index is -0.843. The fourth-order valence-electron chi connectivity index (χ4n) is 4.19. The average Bonchev–Trinajstić information content (AvgIpc) is 2.88. The van der Waals surface area contributed by atoms with Crippen molar-refractivity contribution in [2.45, 2.75) is 70.8 Å². The van der Waals surface area contributed by atoms with Crippen LogP contribution in [0.2, 0.25) is 0 Å². The number of fused-ring (bicyclic) bond motifs is 1. The lowest BCUT2D eigenvalue weighted by Crippen LogP contribution is -2.44. The van der Waals surface area contributed by atoms with Crippen molar-refractivity contribution in [3.05, 3.63) is 22.5 Å². The van der Waals surface area contributed by atoms with Crippen LogP contribution in [0.3, 0.4) is 0 Å². The van der Waals surface area contributed by atoms with Crippen molar-refractivity contribution in [1.29, 1.82) is 0 Å². The molecular formula is C19H26N2O4. The highest BCUT2D eigenvalue weighted by Crippen LogP contribution is 2.27. The van der Waals surface area contributed by atoms with Gasteiger partial charge >= 0.3 is 5.97 Å². The van der Waals surface area contributed by atoms with Gasteiger partial charge in [-0.3, -0.25) is 14.4 Å². The molecule has 2 unspecified atom stereocenters. The number of hydrogen-bond acceptors (Lipinski definition) is 3. The van der Waals surface area contributed by atoms with Gasteiger partial charge in [0.1, 0.15) is 5.69 Å². The third-order valence-electron chi connectivity index (χ3n) is 5.56. The van der Waals surface area contributed by atoms with E-state index in [0.29, 0.717) is 36.1 Å². The van der Waals surface area contributed by atoms with E-state index in [0.717, 1.165) is 44.2 Å². The van der Waals surface area contributed by atoms with E-state index in [4.69, 9.17) is 0 Å². The molecule has 0 saturated heterocycles. The van der Waals surface area contributed by atoms with E-state index in [1.807, 2.05) is 0 Å². The Balaban J connectivity index is 1.80. The van der Waals surface area contributed by atoms with Crippen molar-refractivity contribution >= 4 is 17.7 Å². The van der Waals surface area contributed by atoms with Crippen LogP contribution in [-0.2, 0) is 11.2 Å². The molecule has 0 spiro atoms. The highest BCUT2D eigenvalue weighted by Gasteiger charge is 2.32. The molecule has 25 heavy (non-hydrogen) atoms. The summed E-state index contributed by atoms with van der Waals surface area (Å²) < 4.78 is 0. The Bertz CT molecular complexity index is 692. The topological polar surface area (TPSA) is 99.3 Å². The number of carboxylic acid groups (broad SMARTS) is 1. The average molecular weight is 346 g/mol. The van der Waals surface area contributed by atoms with Crippen molar-refractivity contribution in [2.75, 3.05) is 0 Å². The second-order valence-corrected chi connectivity index (χ2v) is 7.27. The first-order valence-electron chi connectivity index (χ1n) is 9.27. The van der Waals surface area contributed by atoms with E-state index >= 15 is 0 Å². The maximum atomic E-state index is 12.8. The van der Waals surface area contributed by atoms with E-state index in [2.05, 4.69) is 10.3 Å². The van der Waals surface area contributed by atoms with Crippen molar-refractivity contribution in [2.24, 2.45) is 5.92 Å². The number of carbonyl (C=O) groups excluding carboxylic acids is 2. The Morgan fingerprint density at radius 2 is 1.80 bits per heavy atom. The number of aromatic nitrogens is 1. The van der Waals surface area contributed by atoms with E-state index < -0.39 is 11.9 Å². The molecule has 1 aromatic rings. The zero-order valence-corrected chi connectivity index (χ0v) is 14.7. The summed E-state index contributed by atoms with van der Waals surface area (Å²) in [4.78, 5) is 39.6. The van der Waals surface area contributed by atoms with Gasteiger partial charge in [0.05, 0.1) is 5.92 Å². The summed E-state index contributed by atoms with van der Waals surface area (Å²) in [6.07, 6.45) is 7.31. The molecular weight excluding hydrogens is 320 g/mol. The van der Waals surface area contributed by atoms with Gasteiger partial charge in [0, 0.05) is 23.7 Å². The summed E-state index contributed by atoms with van der Waals surface area (Å²) in [5, 5.41) is 12.5. The number of Topliss-reactive ketones (excluding diaryl/α,β-unsaturated/α-hetero) is 1.